The van der Waals surface area contributed by atoms with Gasteiger partial charge in [-0.25, -0.2) is 14.8 Å². The Morgan fingerprint density at radius 1 is 1.19 bits per heavy atom. The first-order chi connectivity index (χ1) is 20.8. The number of hydrogen-bond donors (Lipinski definition) is 1. The van der Waals surface area contributed by atoms with E-state index in [0.29, 0.717) is 22.0 Å². The number of aldehydes is 1. The molecule has 4 aromatic rings. The quantitative estimate of drug-likeness (QED) is 0.0874. The number of thiophene rings is 1. The number of esters is 1. The van der Waals surface area contributed by atoms with Crippen LogP contribution in [0.5, 0.6) is 5.75 Å². The van der Waals surface area contributed by atoms with Crippen LogP contribution in [0.1, 0.15) is 71.2 Å². The van der Waals surface area contributed by atoms with Crippen molar-refractivity contribution in [1.82, 2.24) is 9.97 Å². The van der Waals surface area contributed by atoms with Crippen LogP contribution in [0.3, 0.4) is 0 Å². The molecule has 1 atom stereocenters. The van der Waals surface area contributed by atoms with Crippen molar-refractivity contribution in [2.24, 2.45) is 5.92 Å². The predicted molar refractivity (Wildman–Crippen MR) is 172 cm³/mol. The van der Waals surface area contributed by atoms with Crippen molar-refractivity contribution >= 4 is 51.9 Å². The van der Waals surface area contributed by atoms with Crippen molar-refractivity contribution in [2.45, 2.75) is 51.5 Å². The smallest absolute Gasteiger partial charge is 0.341 e. The number of halogens is 1. The molecule has 5 rings (SSSR count). The molecule has 1 saturated carbocycles. The molecule has 0 bridgehead atoms. The summed E-state index contributed by atoms with van der Waals surface area (Å²) in [6.07, 6.45) is 4.29. The van der Waals surface area contributed by atoms with Crippen LogP contribution in [-0.4, -0.2) is 36.4 Å². The summed E-state index contributed by atoms with van der Waals surface area (Å²) in [4.78, 5) is 34.4. The van der Waals surface area contributed by atoms with E-state index in [9.17, 15) is 9.59 Å². The molecule has 0 amide bonds. The molecule has 7 nitrogen and oxygen atoms in total. The Bertz CT molecular complexity index is 1740. The summed E-state index contributed by atoms with van der Waals surface area (Å²) in [7, 11) is 3.08. The minimum Gasteiger partial charge on any atom is -0.496 e. The van der Waals surface area contributed by atoms with Gasteiger partial charge in [0, 0.05) is 32.5 Å². The van der Waals surface area contributed by atoms with Crippen LogP contribution in [0, 0.1) is 12.8 Å². The van der Waals surface area contributed by atoms with Crippen LogP contribution in [-0.2, 0) is 9.53 Å². The molecule has 0 radical (unpaired) electrons. The zero-order valence-corrected chi connectivity index (χ0v) is 26.3. The van der Waals surface area contributed by atoms with Gasteiger partial charge in [0.15, 0.2) is 6.29 Å². The Hall–Kier alpha value is -3.97. The lowest BCUT2D eigenvalue weighted by molar-refractivity contribution is -0.136. The first kappa shape index (κ1) is 30.5. The average Bonchev–Trinajstić information content (AvgIpc) is 3.51. The lowest BCUT2D eigenvalue weighted by Gasteiger charge is -2.30. The molecule has 0 saturated heterocycles. The second kappa shape index (κ2) is 13.1. The van der Waals surface area contributed by atoms with Gasteiger partial charge in [0.05, 0.1) is 31.4 Å². The van der Waals surface area contributed by atoms with Crippen molar-refractivity contribution in [1.29, 1.82) is 0 Å². The molecule has 2 aromatic carbocycles. The molecule has 1 fully saturated rings. The lowest BCUT2D eigenvalue weighted by Crippen LogP contribution is -2.20. The normalized spacial score (nSPS) is 17.1. The number of methoxy groups -OCH3 is 2. The van der Waals surface area contributed by atoms with Crippen molar-refractivity contribution < 1.29 is 19.1 Å². The number of rotatable bonds is 9. The Labute approximate surface area is 260 Å². The largest absolute Gasteiger partial charge is 0.496 e. The van der Waals surface area contributed by atoms with Crippen LogP contribution in [0.2, 0.25) is 5.02 Å². The number of anilines is 1. The molecular weight excluding hydrogens is 582 g/mol. The Kier molecular flexibility index (Phi) is 9.31. The van der Waals surface area contributed by atoms with Crippen molar-refractivity contribution in [3.8, 4) is 16.9 Å². The minimum absolute atomic E-state index is 0.0677. The fourth-order valence-corrected chi connectivity index (χ4v) is 7.21. The Balaban J connectivity index is 1.43. The molecule has 0 spiro atoms. The lowest BCUT2D eigenvalue weighted by atomic mass is 9.75. The Morgan fingerprint density at radius 3 is 2.63 bits per heavy atom. The van der Waals surface area contributed by atoms with E-state index in [-0.39, 0.29) is 23.8 Å². The first-order valence-corrected chi connectivity index (χ1v) is 15.5. The highest BCUT2D eigenvalue weighted by molar-refractivity contribution is 7.10. The van der Waals surface area contributed by atoms with Gasteiger partial charge in [-0.15, -0.1) is 17.1 Å². The number of hydrogen-bond acceptors (Lipinski definition) is 8. The summed E-state index contributed by atoms with van der Waals surface area (Å²) in [6.45, 7) is 7.68. The number of aryl methyl sites for hydroxylation is 1. The standard InChI is InChI=1S/C34H34ClN3O4S/c1-6-25(34(40)42-5)21-10-12-22(13-11-21)26-15-27-29(16-30(26)41-4)37-20(3)38-33(27)36-19(2)31-14-24(18-43-31)32-23(17-39)8-7-9-28(32)35/h7-9,14-19,21-22H,1,10-13H2,2-5H3,(H,36,37,38)/t19-,21?,22?/m1/s1. The van der Waals surface area contributed by atoms with Gasteiger partial charge in [0.2, 0.25) is 0 Å². The zero-order valence-electron chi connectivity index (χ0n) is 24.7. The molecule has 9 heteroatoms. The van der Waals surface area contributed by atoms with E-state index in [1.165, 1.54) is 7.11 Å². The number of nitrogens with one attached hydrogen (secondary N) is 1. The molecule has 1 aliphatic carbocycles. The fraction of sp³-hybridized carbons (Fsp3) is 0.324. The first-order valence-electron chi connectivity index (χ1n) is 14.2. The number of ether oxygens (including phenoxy) is 2. The van der Waals surface area contributed by atoms with Crippen LogP contribution in [0.4, 0.5) is 5.82 Å². The van der Waals surface area contributed by atoms with E-state index in [1.54, 1.807) is 36.6 Å². The number of nitrogens with zero attached hydrogens (tertiary/aromatic N) is 2. The number of carbonyl (C=O) groups is 2. The van der Waals surface area contributed by atoms with E-state index in [0.717, 1.165) is 76.0 Å². The molecule has 2 heterocycles. The number of aromatic nitrogens is 2. The van der Waals surface area contributed by atoms with Gasteiger partial charge >= 0.3 is 5.97 Å². The molecule has 222 valence electrons. The highest BCUT2D eigenvalue weighted by Gasteiger charge is 2.30. The van der Waals surface area contributed by atoms with E-state index in [2.05, 4.69) is 36.7 Å². The van der Waals surface area contributed by atoms with E-state index in [4.69, 9.17) is 31.0 Å². The summed E-state index contributed by atoms with van der Waals surface area (Å²) in [5, 5.41) is 7.10. The number of benzene rings is 2. The summed E-state index contributed by atoms with van der Waals surface area (Å²) in [5.74, 6) is 2.19. The van der Waals surface area contributed by atoms with Crippen LogP contribution in [0.15, 0.2) is 59.7 Å². The second-order valence-corrected chi connectivity index (χ2v) is 12.1. The van der Waals surface area contributed by atoms with Gasteiger partial charge in [-0.2, -0.15) is 0 Å². The van der Waals surface area contributed by atoms with Gasteiger partial charge in [0.1, 0.15) is 17.4 Å². The summed E-state index contributed by atoms with van der Waals surface area (Å²) in [5.41, 5.74) is 7.47. The van der Waals surface area contributed by atoms with E-state index >= 15 is 0 Å². The van der Waals surface area contributed by atoms with Crippen LogP contribution >= 0.6 is 22.9 Å². The zero-order chi connectivity index (χ0) is 30.7. The monoisotopic (exact) mass is 615 g/mol. The summed E-state index contributed by atoms with van der Waals surface area (Å²) in [6, 6.07) is 11.5. The maximum Gasteiger partial charge on any atom is 0.341 e. The Morgan fingerprint density at radius 2 is 1.95 bits per heavy atom. The van der Waals surface area contributed by atoms with Gasteiger partial charge in [-0.1, -0.05) is 30.3 Å². The van der Waals surface area contributed by atoms with Crippen molar-refractivity contribution in [3.63, 3.8) is 0 Å². The fourth-order valence-electron chi connectivity index (χ4n) is 6.01. The molecule has 1 aliphatic rings. The summed E-state index contributed by atoms with van der Waals surface area (Å²) >= 11 is 8.08. The highest BCUT2D eigenvalue weighted by Crippen LogP contribution is 2.44. The van der Waals surface area contributed by atoms with Crippen LogP contribution < -0.4 is 10.1 Å². The van der Waals surface area contributed by atoms with Gasteiger partial charge in [0.25, 0.3) is 0 Å². The maximum absolute atomic E-state index is 12.2. The van der Waals surface area contributed by atoms with Crippen molar-refractivity contribution in [3.05, 3.63) is 86.5 Å². The van der Waals surface area contributed by atoms with E-state index in [1.807, 2.05) is 18.4 Å². The number of fused-ring (bicyclic) bond motifs is 1. The molecule has 2 aromatic heterocycles. The third kappa shape index (κ3) is 6.23. The molecule has 0 unspecified atom stereocenters. The SMILES string of the molecule is C=C=C(C(=O)OC)C1CCC(c2cc3c(N[C@H](C)c4cc(-c5c(Cl)cccc5C=O)cs4)nc(C)nc3cc2OC)CC1. The van der Waals surface area contributed by atoms with Gasteiger partial charge < -0.3 is 14.8 Å². The van der Waals surface area contributed by atoms with Crippen molar-refractivity contribution in [2.75, 3.05) is 19.5 Å². The van der Waals surface area contributed by atoms with E-state index < -0.39 is 0 Å². The van der Waals surface area contributed by atoms with Gasteiger partial charge in [-0.05, 0) is 86.1 Å². The third-order valence-electron chi connectivity index (χ3n) is 8.19. The van der Waals surface area contributed by atoms with Crippen LogP contribution in [0.25, 0.3) is 22.0 Å². The molecular formula is C34H34ClN3O4S. The highest BCUT2D eigenvalue weighted by atomic mass is 35.5. The third-order valence-corrected chi connectivity index (χ3v) is 9.62. The molecule has 1 N–H and O–H groups in total. The summed E-state index contributed by atoms with van der Waals surface area (Å²) < 4.78 is 10.8. The minimum atomic E-state index is -0.354. The number of carbonyl (C=O) groups excluding carboxylic acids is 2. The average molecular weight is 616 g/mol. The topological polar surface area (TPSA) is 90.4 Å². The molecule has 43 heavy (non-hydrogen) atoms. The maximum atomic E-state index is 12.2. The molecule has 0 aliphatic heterocycles. The van der Waals surface area contributed by atoms with Gasteiger partial charge in [-0.3, -0.25) is 4.79 Å². The predicted octanol–water partition coefficient (Wildman–Crippen LogP) is 8.47. The second-order valence-electron chi connectivity index (χ2n) is 10.8.